The molecule has 4 aromatic rings. The first-order valence-corrected chi connectivity index (χ1v) is 12.2. The highest BCUT2D eigenvalue weighted by Gasteiger charge is 2.48. The largest absolute Gasteiger partial charge is 0.497 e. The maximum Gasteiger partial charge on any atom is 0.342 e. The summed E-state index contributed by atoms with van der Waals surface area (Å²) in [6, 6.07) is 20.4. The molecule has 5 rings (SSSR count). The predicted molar refractivity (Wildman–Crippen MR) is 129 cm³/mol. The molecule has 0 fully saturated rings. The van der Waals surface area contributed by atoms with Gasteiger partial charge in [0.25, 0.3) is 5.79 Å². The Balaban J connectivity index is 1.67. The Kier molecular flexibility index (Phi) is 5.65. The Labute approximate surface area is 199 Å². The number of aliphatic hydroxyl groups is 1. The second kappa shape index (κ2) is 8.62. The van der Waals surface area contributed by atoms with Gasteiger partial charge in [-0.1, -0.05) is 30.3 Å². The van der Waals surface area contributed by atoms with Crippen molar-refractivity contribution in [2.75, 3.05) is 13.4 Å². The van der Waals surface area contributed by atoms with Crippen LogP contribution >= 0.6 is 23.5 Å². The summed E-state index contributed by atoms with van der Waals surface area (Å²) in [5.41, 5.74) is 4.34. The Morgan fingerprint density at radius 2 is 1.76 bits per heavy atom. The third kappa shape index (κ3) is 3.90. The Morgan fingerprint density at radius 1 is 1.03 bits per heavy atom. The van der Waals surface area contributed by atoms with Crippen molar-refractivity contribution >= 4 is 46.1 Å². The Hall–Kier alpha value is -3.20. The van der Waals surface area contributed by atoms with Crippen molar-refractivity contribution in [2.24, 2.45) is 0 Å². The van der Waals surface area contributed by atoms with E-state index in [-0.39, 0.29) is 0 Å². The number of carbonyl (C=O) groups is 1. The van der Waals surface area contributed by atoms with Crippen LogP contribution in [-0.4, -0.2) is 33.2 Å². The van der Waals surface area contributed by atoms with Gasteiger partial charge in [-0.2, -0.15) is 8.75 Å². The molecular weight excluding hydrogens is 456 g/mol. The summed E-state index contributed by atoms with van der Waals surface area (Å²) in [4.78, 5) is 14.2. The maximum absolute atomic E-state index is 13.2. The van der Waals surface area contributed by atoms with Gasteiger partial charge < -0.3 is 14.6 Å². The fraction of sp³-hybridized carbons (Fsp3) is 0.160. The fourth-order valence-electron chi connectivity index (χ4n) is 3.97. The predicted octanol–water partition coefficient (Wildman–Crippen LogP) is 4.82. The number of cyclic esters (lactones) is 1. The topological polar surface area (TPSA) is 81.5 Å². The second-order valence-electron chi connectivity index (χ2n) is 7.61. The van der Waals surface area contributed by atoms with E-state index in [1.807, 2.05) is 60.9 Å². The zero-order chi connectivity index (χ0) is 23.0. The number of esters is 1. The first kappa shape index (κ1) is 21.6. The van der Waals surface area contributed by atoms with Crippen LogP contribution in [0.25, 0.3) is 16.6 Å². The lowest BCUT2D eigenvalue weighted by molar-refractivity contribution is -0.185. The lowest BCUT2D eigenvalue weighted by Gasteiger charge is -2.26. The molecule has 0 radical (unpaired) electrons. The summed E-state index contributed by atoms with van der Waals surface area (Å²) < 4.78 is 19.5. The molecule has 1 N–H and O–H groups in total. The lowest BCUT2D eigenvalue weighted by Crippen LogP contribution is -2.29. The molecule has 0 saturated heterocycles. The van der Waals surface area contributed by atoms with Gasteiger partial charge in [0.05, 0.1) is 24.4 Å². The lowest BCUT2D eigenvalue weighted by atomic mass is 9.88. The summed E-state index contributed by atoms with van der Waals surface area (Å²) >= 11 is 2.72. The van der Waals surface area contributed by atoms with E-state index >= 15 is 0 Å². The molecule has 0 bridgehead atoms. The maximum atomic E-state index is 13.2. The number of carbonyl (C=O) groups excluding carboxylic acids is 1. The zero-order valence-electron chi connectivity index (χ0n) is 17.9. The fourth-order valence-corrected chi connectivity index (χ4v) is 4.90. The molecule has 1 atom stereocenters. The van der Waals surface area contributed by atoms with Crippen LogP contribution in [0.3, 0.4) is 0 Å². The number of aromatic nitrogens is 2. The minimum atomic E-state index is -1.88. The highest BCUT2D eigenvalue weighted by molar-refractivity contribution is 7.98. The van der Waals surface area contributed by atoms with Gasteiger partial charge in [-0.3, -0.25) is 0 Å². The molecule has 2 heterocycles. The summed E-state index contributed by atoms with van der Waals surface area (Å²) in [7, 11) is 1.61. The van der Waals surface area contributed by atoms with Gasteiger partial charge >= 0.3 is 5.97 Å². The van der Waals surface area contributed by atoms with Crippen molar-refractivity contribution in [3.05, 3.63) is 89.0 Å². The van der Waals surface area contributed by atoms with E-state index in [0.717, 1.165) is 33.5 Å². The van der Waals surface area contributed by atoms with Crippen LogP contribution in [0, 0.1) is 0 Å². The third-order valence-corrected chi connectivity index (χ3v) is 7.02. The molecule has 0 saturated carbocycles. The molecule has 1 aromatic heterocycles. The van der Waals surface area contributed by atoms with E-state index in [0.29, 0.717) is 34.2 Å². The number of methoxy groups -OCH3 is 1. The van der Waals surface area contributed by atoms with Gasteiger partial charge in [-0.05, 0) is 53.8 Å². The number of hydrogen-bond donors (Lipinski definition) is 1. The quantitative estimate of drug-likeness (QED) is 0.316. The van der Waals surface area contributed by atoms with Crippen LogP contribution in [0.15, 0.2) is 77.2 Å². The molecule has 1 unspecified atom stereocenters. The molecule has 0 amide bonds. The van der Waals surface area contributed by atoms with Crippen LogP contribution in [0.4, 0.5) is 0 Å². The zero-order valence-corrected chi connectivity index (χ0v) is 19.6. The molecule has 1 aliphatic rings. The molecule has 33 heavy (non-hydrogen) atoms. The van der Waals surface area contributed by atoms with E-state index in [2.05, 4.69) is 8.75 Å². The van der Waals surface area contributed by atoms with Crippen LogP contribution in [-0.2, 0) is 21.7 Å². The smallest absolute Gasteiger partial charge is 0.342 e. The highest BCUT2D eigenvalue weighted by atomic mass is 32.2. The minimum absolute atomic E-state index is 0.319. The molecule has 8 heteroatoms. The van der Waals surface area contributed by atoms with Gasteiger partial charge in [0.2, 0.25) is 0 Å². The summed E-state index contributed by atoms with van der Waals surface area (Å²) in [6.07, 6.45) is 2.30. The number of nitrogens with zero attached hydrogens (tertiary/aromatic N) is 2. The highest BCUT2D eigenvalue weighted by Crippen LogP contribution is 2.45. The first-order chi connectivity index (χ1) is 16.0. The van der Waals surface area contributed by atoms with Gasteiger partial charge in [-0.25, -0.2) is 4.79 Å². The monoisotopic (exact) mass is 476 g/mol. The summed E-state index contributed by atoms with van der Waals surface area (Å²) in [5.74, 6) is -1.72. The van der Waals surface area contributed by atoms with E-state index in [9.17, 15) is 9.90 Å². The standard InChI is InChI=1S/C25H20N2O4S2/c1-30-18-8-3-15(4-9-18)13-20-23(16-5-12-21-22(14-16)27-33-26-21)24(28)31-25(20,29)17-6-10-19(32-2)11-7-17/h3-12,14,29H,13H2,1-2H3. The van der Waals surface area contributed by atoms with Gasteiger partial charge in [0.1, 0.15) is 16.8 Å². The van der Waals surface area contributed by atoms with Crippen LogP contribution in [0.1, 0.15) is 16.7 Å². The molecule has 166 valence electrons. The first-order valence-electron chi connectivity index (χ1n) is 10.2. The molecule has 3 aromatic carbocycles. The number of benzene rings is 3. The van der Waals surface area contributed by atoms with Crippen molar-refractivity contribution in [3.8, 4) is 5.75 Å². The van der Waals surface area contributed by atoms with Crippen molar-refractivity contribution in [3.63, 3.8) is 0 Å². The molecular formula is C25H20N2O4S2. The average Bonchev–Trinajstić information content (AvgIpc) is 3.41. The van der Waals surface area contributed by atoms with Crippen LogP contribution in [0.5, 0.6) is 5.75 Å². The van der Waals surface area contributed by atoms with Crippen LogP contribution < -0.4 is 4.74 Å². The van der Waals surface area contributed by atoms with Gasteiger partial charge in [0.15, 0.2) is 0 Å². The molecule has 6 nitrogen and oxygen atoms in total. The summed E-state index contributed by atoms with van der Waals surface area (Å²) in [5, 5.41) is 11.8. The molecule has 0 spiro atoms. The van der Waals surface area contributed by atoms with Crippen molar-refractivity contribution in [1.82, 2.24) is 8.75 Å². The van der Waals surface area contributed by atoms with Crippen LogP contribution in [0.2, 0.25) is 0 Å². The minimum Gasteiger partial charge on any atom is -0.497 e. The number of ether oxygens (including phenoxy) is 2. The Bertz CT molecular complexity index is 1360. The van der Waals surface area contributed by atoms with Crippen molar-refractivity contribution in [1.29, 1.82) is 0 Å². The van der Waals surface area contributed by atoms with Crippen molar-refractivity contribution in [2.45, 2.75) is 17.1 Å². The molecule has 1 aliphatic heterocycles. The normalized spacial score (nSPS) is 18.1. The summed E-state index contributed by atoms with van der Waals surface area (Å²) in [6.45, 7) is 0. The van der Waals surface area contributed by atoms with E-state index in [4.69, 9.17) is 9.47 Å². The van der Waals surface area contributed by atoms with E-state index < -0.39 is 11.8 Å². The number of rotatable bonds is 6. The van der Waals surface area contributed by atoms with E-state index in [1.54, 1.807) is 31.0 Å². The molecule has 0 aliphatic carbocycles. The SMILES string of the molecule is COc1ccc(CC2=C(c3ccc4nsnc4c3)C(=O)OC2(O)c2ccc(SC)cc2)cc1. The average molecular weight is 477 g/mol. The number of fused-ring (bicyclic) bond motifs is 1. The third-order valence-electron chi connectivity index (χ3n) is 5.72. The van der Waals surface area contributed by atoms with E-state index in [1.165, 1.54) is 0 Å². The van der Waals surface area contributed by atoms with Gasteiger partial charge in [0, 0.05) is 22.5 Å². The Morgan fingerprint density at radius 3 is 2.45 bits per heavy atom. The van der Waals surface area contributed by atoms with Crippen molar-refractivity contribution < 1.29 is 19.4 Å². The number of thioether (sulfide) groups is 1. The number of hydrogen-bond acceptors (Lipinski definition) is 8. The van der Waals surface area contributed by atoms with Gasteiger partial charge in [-0.15, -0.1) is 11.8 Å². The second-order valence-corrected chi connectivity index (χ2v) is 9.02.